The van der Waals surface area contributed by atoms with Gasteiger partial charge in [0.15, 0.2) is 0 Å². The summed E-state index contributed by atoms with van der Waals surface area (Å²) in [6.45, 7) is 14.9. The summed E-state index contributed by atoms with van der Waals surface area (Å²) < 4.78 is 24.2. The highest BCUT2D eigenvalue weighted by atomic mass is 35.5. The van der Waals surface area contributed by atoms with E-state index in [2.05, 4.69) is 12.2 Å². The number of alkyl halides is 1. The Kier molecular flexibility index (Phi) is 30.9. The number of nitrogens with one attached hydrogen (secondary N) is 1. The van der Waals surface area contributed by atoms with Crippen molar-refractivity contribution in [3.05, 3.63) is 35.9 Å². The van der Waals surface area contributed by atoms with Crippen LogP contribution < -0.4 is 5.32 Å². The van der Waals surface area contributed by atoms with E-state index in [4.69, 9.17) is 42.8 Å². The number of rotatable bonds is 33. The number of thiocarbonyl (C=S) groups is 1. The number of hydrogen-bond acceptors (Lipinski definition) is 15. The van der Waals surface area contributed by atoms with Crippen LogP contribution in [0.1, 0.15) is 112 Å². The second kappa shape index (κ2) is 33.2. The lowest BCUT2D eigenvalue weighted by Gasteiger charge is -2.30. The quantitative estimate of drug-likeness (QED) is 0.0135. The fourth-order valence-corrected chi connectivity index (χ4v) is 11.5. The number of imide groups is 1. The number of nitrogens with zero attached hydrogens (tertiary/aromatic N) is 3. The number of carbonyl (C=O) groups is 7. The van der Waals surface area contributed by atoms with E-state index < -0.39 is 69.5 Å². The number of amides is 3. The van der Waals surface area contributed by atoms with Crippen molar-refractivity contribution in [1.82, 2.24) is 10.2 Å². The average molecular weight is 1110 g/mol. The molecule has 1 heterocycles. The summed E-state index contributed by atoms with van der Waals surface area (Å²) in [6, 6.07) is 9.86. The maximum absolute atomic E-state index is 13.7. The lowest BCUT2D eigenvalue weighted by Crippen LogP contribution is -2.42. The van der Waals surface area contributed by atoms with Crippen molar-refractivity contribution in [1.29, 1.82) is 0 Å². The van der Waals surface area contributed by atoms with Crippen LogP contribution in [-0.2, 0) is 52.5 Å². The maximum atomic E-state index is 13.7. The van der Waals surface area contributed by atoms with E-state index in [0.717, 1.165) is 39.1 Å². The number of halogens is 1. The molecule has 0 spiro atoms. The molecule has 1 aromatic carbocycles. The van der Waals surface area contributed by atoms with Crippen molar-refractivity contribution < 1.29 is 61.5 Å². The van der Waals surface area contributed by atoms with Gasteiger partial charge in [-0.3, -0.25) is 38.5 Å². The van der Waals surface area contributed by atoms with Crippen molar-refractivity contribution in [2.24, 2.45) is 23.2 Å². The van der Waals surface area contributed by atoms with Crippen LogP contribution >= 0.6 is 59.1 Å². The van der Waals surface area contributed by atoms with Crippen LogP contribution in [0, 0.1) is 23.2 Å². The number of carbonyl (C=O) groups excluding carboxylic acids is 7. The molecule has 6 atom stereocenters. The van der Waals surface area contributed by atoms with Gasteiger partial charge in [-0.1, -0.05) is 82.0 Å². The number of benzene rings is 1. The molecule has 1 fully saturated rings. The standard InChI is InChI=1S/C51H82ClN4O11S4.CH4/c1-13-15-28-70-50(68)71-41(37-19-17-16-18-20-37)32-39(44(58)53-35(3)4)34-51(6,7)49(63)67-27-29-69-42-33-43(57)54(45(42)59)21-24-64-46(60)36(5)30-38(47(61)65-25-22-55(8,9)10)31-40(52)48(62)66-26-23-56(11,12)14-2;/h16-20,35-36,38-42H,13-15,21-34H2,1-12H3;1H4/q+1;/p+1. The molecule has 0 radical (unpaired) electrons. The fraction of sp³-hybridized carbons (Fsp3) is 0.731. The molecular formula is C52H87ClN4O11S4+2. The Balaban J connectivity index is 0.0000259. The number of thioether (sulfide) groups is 3. The van der Waals surface area contributed by atoms with Crippen LogP contribution in [0.15, 0.2) is 30.3 Å². The molecule has 6 unspecified atom stereocenters. The van der Waals surface area contributed by atoms with Crippen molar-refractivity contribution in [3.8, 4) is 0 Å². The van der Waals surface area contributed by atoms with Gasteiger partial charge < -0.3 is 33.2 Å². The first-order valence-corrected chi connectivity index (χ1v) is 28.5. The number of esters is 4. The van der Waals surface area contributed by atoms with Gasteiger partial charge >= 0.3 is 23.9 Å². The van der Waals surface area contributed by atoms with Gasteiger partial charge in [0.05, 0.1) is 70.8 Å². The first-order chi connectivity index (χ1) is 33.2. The minimum Gasteiger partial charge on any atom is -0.464 e. The summed E-state index contributed by atoms with van der Waals surface area (Å²) in [5, 5.41) is 1.09. The maximum Gasteiger partial charge on any atom is 0.324 e. The van der Waals surface area contributed by atoms with Crippen molar-refractivity contribution >= 4 is 104 Å². The van der Waals surface area contributed by atoms with Gasteiger partial charge in [0.25, 0.3) is 0 Å². The summed E-state index contributed by atoms with van der Waals surface area (Å²) in [5.74, 6) is -4.44. The Morgan fingerprint density at radius 2 is 1.46 bits per heavy atom. The lowest BCUT2D eigenvalue weighted by atomic mass is 9.80. The molecule has 15 nitrogen and oxygen atoms in total. The van der Waals surface area contributed by atoms with E-state index in [1.54, 1.807) is 44.3 Å². The zero-order valence-corrected chi connectivity index (χ0v) is 48.3. The van der Waals surface area contributed by atoms with Crippen LogP contribution in [-0.4, -0.2) is 175 Å². The van der Waals surface area contributed by atoms with Gasteiger partial charge in [0, 0.05) is 29.4 Å². The smallest absolute Gasteiger partial charge is 0.324 e. The van der Waals surface area contributed by atoms with E-state index in [1.165, 1.54) is 11.8 Å². The van der Waals surface area contributed by atoms with Crippen LogP contribution in [0.5, 0.6) is 0 Å². The molecule has 2 rings (SSSR count). The topological polar surface area (TPSA) is 172 Å². The first-order valence-electron chi connectivity index (χ1n) is 24.8. The summed E-state index contributed by atoms with van der Waals surface area (Å²) in [5.41, 5.74) is 0.0225. The summed E-state index contributed by atoms with van der Waals surface area (Å²) in [6.07, 6.45) is 2.64. The van der Waals surface area contributed by atoms with E-state index in [1.807, 2.05) is 86.3 Å². The minimum atomic E-state index is -1.15. The molecule has 3 amide bonds. The fourth-order valence-electron chi connectivity index (χ4n) is 7.27. The van der Waals surface area contributed by atoms with Gasteiger partial charge in [-0.05, 0) is 78.0 Å². The van der Waals surface area contributed by atoms with Gasteiger partial charge in [-0.15, -0.1) is 35.1 Å². The van der Waals surface area contributed by atoms with Gasteiger partial charge in [-0.2, -0.15) is 0 Å². The number of likely N-dealkylation sites (N-methyl/N-ethyl adjacent to an activating group) is 2. The third kappa shape index (κ3) is 25.5. The SMILES string of the molecule is C.CCCCSC(=S)SC(CC(CC(C)(C)C(=O)OCCSC1CC(=O)N(CCOC(=O)C(C)CC(CC(Cl)C(=O)OCC[N+](C)(C)CC)C(=O)OCC[N+](C)(C)C)C1=O)C(=O)NC(C)C)c1ccccc1. The van der Waals surface area contributed by atoms with E-state index in [0.29, 0.717) is 28.5 Å². The zero-order chi connectivity index (χ0) is 53.5. The number of hydrogen-bond donors (Lipinski definition) is 1. The summed E-state index contributed by atoms with van der Waals surface area (Å²) in [4.78, 5) is 94.0. The monoisotopic (exact) mass is 1110 g/mol. The van der Waals surface area contributed by atoms with Crippen molar-refractivity contribution in [3.63, 3.8) is 0 Å². The van der Waals surface area contributed by atoms with Gasteiger partial charge in [-0.25, -0.2) is 0 Å². The zero-order valence-electron chi connectivity index (χ0n) is 44.3. The highest BCUT2D eigenvalue weighted by Crippen LogP contribution is 2.42. The Bertz CT molecular complexity index is 1900. The molecule has 20 heteroatoms. The van der Waals surface area contributed by atoms with Crippen molar-refractivity contribution in [2.45, 2.75) is 123 Å². The number of ether oxygens (including phenoxy) is 4. The van der Waals surface area contributed by atoms with Crippen LogP contribution in [0.3, 0.4) is 0 Å². The number of quaternary nitrogens is 2. The molecule has 0 saturated carbocycles. The van der Waals surface area contributed by atoms with E-state index in [-0.39, 0.29) is 89.0 Å². The Morgan fingerprint density at radius 1 is 0.833 bits per heavy atom. The second-order valence-corrected chi connectivity index (χ2v) is 26.1. The Hall–Kier alpha value is -2.94. The van der Waals surface area contributed by atoms with E-state index >= 15 is 0 Å². The summed E-state index contributed by atoms with van der Waals surface area (Å²) in [7, 11) is 9.91. The minimum absolute atomic E-state index is 0. The molecule has 72 heavy (non-hydrogen) atoms. The third-order valence-corrected chi connectivity index (χ3v) is 16.5. The van der Waals surface area contributed by atoms with Gasteiger partial charge in [0.1, 0.15) is 48.4 Å². The predicted molar refractivity (Wildman–Crippen MR) is 297 cm³/mol. The molecule has 1 aromatic rings. The largest absolute Gasteiger partial charge is 0.464 e. The summed E-state index contributed by atoms with van der Waals surface area (Å²) >= 11 is 16.7. The highest BCUT2D eigenvalue weighted by Gasteiger charge is 2.40. The molecule has 0 aromatic heterocycles. The predicted octanol–water partition coefficient (Wildman–Crippen LogP) is 8.34. The molecule has 0 bridgehead atoms. The lowest BCUT2D eigenvalue weighted by molar-refractivity contribution is -0.888. The van der Waals surface area contributed by atoms with Crippen LogP contribution in [0.4, 0.5) is 0 Å². The third-order valence-electron chi connectivity index (χ3n) is 12.1. The normalized spacial score (nSPS) is 16.2. The van der Waals surface area contributed by atoms with Crippen LogP contribution in [0.25, 0.3) is 0 Å². The number of unbranched alkanes of at least 4 members (excludes halogenated alkanes) is 1. The van der Waals surface area contributed by atoms with E-state index in [9.17, 15) is 33.6 Å². The number of likely N-dealkylation sites (tertiary alicyclic amines) is 1. The molecule has 410 valence electrons. The van der Waals surface area contributed by atoms with Crippen LogP contribution in [0.2, 0.25) is 0 Å². The molecule has 1 aliphatic heterocycles. The first kappa shape index (κ1) is 67.1. The Labute approximate surface area is 454 Å². The second-order valence-electron chi connectivity index (χ2n) is 20.8. The van der Waals surface area contributed by atoms with Gasteiger partial charge in [0.2, 0.25) is 17.7 Å². The molecule has 1 aliphatic rings. The molecule has 1 saturated heterocycles. The average Bonchev–Trinajstić information content (AvgIpc) is 3.56. The Morgan fingerprint density at radius 3 is 2.07 bits per heavy atom. The highest BCUT2D eigenvalue weighted by molar-refractivity contribution is 8.47. The molecule has 0 aliphatic carbocycles. The molecular weight excluding hydrogens is 1020 g/mol. The van der Waals surface area contributed by atoms with Crippen molar-refractivity contribution in [2.75, 3.05) is 99.4 Å². The molecule has 1 N–H and O–H groups in total.